The standard InChI is InChI=1S/C17H14NO5/c1-11(19)21-15-8-5-7-14(17(15)22-12(2)20)16-10-13-6-3-4-9-18(13)23-16/h3-10H,1-2H3/q+1. The van der Waals surface area contributed by atoms with Crippen LogP contribution in [0, 0.1) is 0 Å². The van der Waals surface area contributed by atoms with Crippen molar-refractivity contribution in [3.63, 3.8) is 0 Å². The summed E-state index contributed by atoms with van der Waals surface area (Å²) in [6, 6.07) is 12.4. The van der Waals surface area contributed by atoms with Gasteiger partial charge in [-0.15, -0.1) is 0 Å². The minimum Gasteiger partial charge on any atom is -0.423 e. The number of aromatic nitrogens is 1. The molecule has 0 radical (unpaired) electrons. The summed E-state index contributed by atoms with van der Waals surface area (Å²) in [5, 5.41) is 0. The Morgan fingerprint density at radius 3 is 2.48 bits per heavy atom. The van der Waals surface area contributed by atoms with Gasteiger partial charge in [0.1, 0.15) is 0 Å². The molecule has 116 valence electrons. The van der Waals surface area contributed by atoms with E-state index >= 15 is 0 Å². The monoisotopic (exact) mass is 312 g/mol. The van der Waals surface area contributed by atoms with Crippen LogP contribution in [-0.4, -0.2) is 11.9 Å². The van der Waals surface area contributed by atoms with E-state index in [1.54, 1.807) is 35.0 Å². The topological polar surface area (TPSA) is 69.8 Å². The first-order valence-corrected chi connectivity index (χ1v) is 6.95. The zero-order valence-electron chi connectivity index (χ0n) is 12.6. The van der Waals surface area contributed by atoms with Crippen LogP contribution in [-0.2, 0) is 9.59 Å². The van der Waals surface area contributed by atoms with Crippen LogP contribution in [0.1, 0.15) is 13.8 Å². The molecule has 23 heavy (non-hydrogen) atoms. The van der Waals surface area contributed by atoms with Gasteiger partial charge < -0.3 is 9.47 Å². The Bertz CT molecular complexity index is 864. The maximum atomic E-state index is 11.4. The molecule has 6 heteroatoms. The summed E-state index contributed by atoms with van der Waals surface area (Å²) in [5.41, 5.74) is 1.36. The number of ether oxygens (including phenoxy) is 2. The largest absolute Gasteiger partial charge is 0.423 e. The van der Waals surface area contributed by atoms with E-state index in [9.17, 15) is 9.59 Å². The van der Waals surface area contributed by atoms with Gasteiger partial charge in [-0.25, -0.2) is 4.52 Å². The summed E-state index contributed by atoms with van der Waals surface area (Å²) in [5.74, 6) is -0.226. The van der Waals surface area contributed by atoms with Gasteiger partial charge >= 0.3 is 11.9 Å². The second-order valence-corrected chi connectivity index (χ2v) is 4.87. The van der Waals surface area contributed by atoms with Crippen molar-refractivity contribution in [3.05, 3.63) is 48.7 Å². The minimum absolute atomic E-state index is 0.148. The maximum Gasteiger partial charge on any atom is 0.308 e. The lowest BCUT2D eigenvalue weighted by atomic mass is 10.1. The quantitative estimate of drug-likeness (QED) is 0.422. The smallest absolute Gasteiger partial charge is 0.308 e. The number of fused-ring (bicyclic) bond motifs is 1. The fourth-order valence-electron chi connectivity index (χ4n) is 2.22. The Morgan fingerprint density at radius 1 is 1.00 bits per heavy atom. The Morgan fingerprint density at radius 2 is 1.78 bits per heavy atom. The molecular weight excluding hydrogens is 298 g/mol. The summed E-state index contributed by atoms with van der Waals surface area (Å²) in [6.45, 7) is 2.56. The van der Waals surface area contributed by atoms with E-state index in [1.165, 1.54) is 13.8 Å². The van der Waals surface area contributed by atoms with Crippen LogP contribution >= 0.6 is 0 Å². The van der Waals surface area contributed by atoms with Crippen molar-refractivity contribution < 1.29 is 28.2 Å². The van der Waals surface area contributed by atoms with Crippen molar-refractivity contribution in [2.75, 3.05) is 0 Å². The first-order valence-electron chi connectivity index (χ1n) is 6.95. The molecule has 1 aromatic carbocycles. The predicted octanol–water partition coefficient (Wildman–Crippen LogP) is 2.54. The summed E-state index contributed by atoms with van der Waals surface area (Å²) in [6.07, 6.45) is 1.76. The highest BCUT2D eigenvalue weighted by Gasteiger charge is 2.22. The molecule has 0 saturated heterocycles. The number of nitrogens with zero attached hydrogens (tertiary/aromatic N) is 1. The van der Waals surface area contributed by atoms with E-state index in [4.69, 9.17) is 14.0 Å². The molecule has 6 nitrogen and oxygen atoms in total. The van der Waals surface area contributed by atoms with Crippen molar-refractivity contribution in [2.24, 2.45) is 0 Å². The molecule has 0 aliphatic carbocycles. The van der Waals surface area contributed by atoms with Gasteiger partial charge in [0.25, 0.3) is 5.52 Å². The number of benzene rings is 1. The number of carbonyl (C=O) groups is 2. The van der Waals surface area contributed by atoms with Gasteiger partial charge in [0.05, 0.1) is 11.6 Å². The third kappa shape index (κ3) is 3.06. The Kier molecular flexibility index (Phi) is 3.80. The molecule has 0 spiro atoms. The summed E-state index contributed by atoms with van der Waals surface area (Å²) in [7, 11) is 0. The minimum atomic E-state index is -0.519. The number of esters is 2. The van der Waals surface area contributed by atoms with Gasteiger partial charge in [0.15, 0.2) is 11.5 Å². The number of hydrogen-bond acceptors (Lipinski definition) is 5. The molecule has 0 fully saturated rings. The van der Waals surface area contributed by atoms with Crippen molar-refractivity contribution in [1.82, 2.24) is 0 Å². The first-order chi connectivity index (χ1) is 11.0. The Labute approximate surface area is 131 Å². The van der Waals surface area contributed by atoms with E-state index in [2.05, 4.69) is 0 Å². The Hall–Kier alpha value is -3.15. The van der Waals surface area contributed by atoms with Crippen molar-refractivity contribution in [1.29, 1.82) is 0 Å². The van der Waals surface area contributed by atoms with Crippen LogP contribution in [0.3, 0.4) is 0 Å². The lowest BCUT2D eigenvalue weighted by molar-refractivity contribution is -0.714. The molecule has 0 saturated carbocycles. The molecular formula is C17H14NO5+. The van der Waals surface area contributed by atoms with Crippen LogP contribution in [0.25, 0.3) is 16.8 Å². The van der Waals surface area contributed by atoms with Gasteiger partial charge in [-0.2, -0.15) is 0 Å². The van der Waals surface area contributed by atoms with Gasteiger partial charge in [-0.3, -0.25) is 9.59 Å². The molecule has 2 aromatic heterocycles. The molecule has 0 aliphatic rings. The van der Waals surface area contributed by atoms with E-state index < -0.39 is 11.9 Å². The average molecular weight is 312 g/mol. The second-order valence-electron chi connectivity index (χ2n) is 4.87. The molecule has 0 N–H and O–H groups in total. The molecule has 0 aliphatic heterocycles. The summed E-state index contributed by atoms with van der Waals surface area (Å²) < 4.78 is 17.7. The fraction of sp³-hybridized carbons (Fsp3) is 0.118. The normalized spacial score (nSPS) is 10.5. The molecule has 0 amide bonds. The van der Waals surface area contributed by atoms with Gasteiger partial charge in [0.2, 0.25) is 12.0 Å². The molecule has 3 aromatic rings. The van der Waals surface area contributed by atoms with Gasteiger partial charge in [-0.1, -0.05) is 6.07 Å². The van der Waals surface area contributed by atoms with E-state index in [1.807, 2.05) is 18.2 Å². The van der Waals surface area contributed by atoms with E-state index in [0.29, 0.717) is 11.3 Å². The van der Waals surface area contributed by atoms with Gasteiger partial charge in [-0.05, 0) is 18.2 Å². The van der Waals surface area contributed by atoms with E-state index in [-0.39, 0.29) is 11.5 Å². The molecule has 2 heterocycles. The zero-order chi connectivity index (χ0) is 16.4. The van der Waals surface area contributed by atoms with E-state index in [0.717, 1.165) is 5.52 Å². The molecule has 0 unspecified atom stereocenters. The number of pyridine rings is 1. The zero-order valence-corrected chi connectivity index (χ0v) is 12.6. The van der Waals surface area contributed by atoms with Crippen molar-refractivity contribution in [3.8, 4) is 22.8 Å². The molecule has 0 bridgehead atoms. The van der Waals surface area contributed by atoms with Crippen molar-refractivity contribution >= 4 is 17.5 Å². The highest BCUT2D eigenvalue weighted by atomic mass is 16.6. The SMILES string of the molecule is CC(=O)Oc1cccc(-c2cc3cccc[n+]3o2)c1OC(C)=O. The number of hydrogen-bond donors (Lipinski definition) is 0. The van der Waals surface area contributed by atoms with Crippen LogP contribution in [0.4, 0.5) is 0 Å². The number of para-hydroxylation sites is 1. The predicted molar refractivity (Wildman–Crippen MR) is 79.9 cm³/mol. The third-order valence-corrected chi connectivity index (χ3v) is 3.07. The van der Waals surface area contributed by atoms with Crippen LogP contribution in [0.15, 0.2) is 53.2 Å². The lowest BCUT2D eigenvalue weighted by Crippen LogP contribution is -2.15. The lowest BCUT2D eigenvalue weighted by Gasteiger charge is -2.10. The molecule has 3 rings (SSSR count). The number of rotatable bonds is 3. The highest BCUT2D eigenvalue weighted by molar-refractivity contribution is 5.80. The van der Waals surface area contributed by atoms with Crippen molar-refractivity contribution in [2.45, 2.75) is 13.8 Å². The van der Waals surface area contributed by atoms with Gasteiger partial charge in [0, 0.05) is 30.6 Å². The highest BCUT2D eigenvalue weighted by Crippen LogP contribution is 2.38. The Balaban J connectivity index is 2.16. The summed E-state index contributed by atoms with van der Waals surface area (Å²) >= 11 is 0. The maximum absolute atomic E-state index is 11.4. The third-order valence-electron chi connectivity index (χ3n) is 3.07. The first kappa shape index (κ1) is 14.8. The fourth-order valence-corrected chi connectivity index (χ4v) is 2.22. The molecule has 0 atom stereocenters. The van der Waals surface area contributed by atoms with Crippen LogP contribution in [0.2, 0.25) is 0 Å². The van der Waals surface area contributed by atoms with Crippen LogP contribution < -0.4 is 14.0 Å². The number of carbonyl (C=O) groups excluding carboxylic acids is 2. The summed E-state index contributed by atoms with van der Waals surface area (Å²) in [4.78, 5) is 22.7. The second kappa shape index (κ2) is 5.92. The average Bonchev–Trinajstić information content (AvgIpc) is 2.91. The van der Waals surface area contributed by atoms with Crippen LogP contribution in [0.5, 0.6) is 11.5 Å².